The molecule has 0 unspecified atom stereocenters. The zero-order chi connectivity index (χ0) is 19.1. The highest BCUT2D eigenvalue weighted by Crippen LogP contribution is 2.32. The number of rotatable bonds is 6. The number of carbonyl (C=O) groups excluding carboxylic acids is 2. The van der Waals surface area contributed by atoms with Gasteiger partial charge in [-0.2, -0.15) is 0 Å². The lowest BCUT2D eigenvalue weighted by atomic mass is 9.84. The van der Waals surface area contributed by atoms with Crippen molar-refractivity contribution in [3.63, 3.8) is 0 Å². The molecule has 4 heteroatoms. The van der Waals surface area contributed by atoms with E-state index < -0.39 is 6.04 Å². The molecule has 0 aliphatic heterocycles. The van der Waals surface area contributed by atoms with Crippen LogP contribution in [0.4, 0.5) is 0 Å². The lowest BCUT2D eigenvalue weighted by Crippen LogP contribution is -2.44. The van der Waals surface area contributed by atoms with Crippen molar-refractivity contribution in [2.24, 2.45) is 0 Å². The summed E-state index contributed by atoms with van der Waals surface area (Å²) in [7, 11) is 0. The molecule has 4 nitrogen and oxygen atoms in total. The van der Waals surface area contributed by atoms with Gasteiger partial charge in [-0.15, -0.1) is 0 Å². The van der Waals surface area contributed by atoms with Crippen LogP contribution in [0.3, 0.4) is 0 Å². The molecule has 2 N–H and O–H groups in total. The van der Waals surface area contributed by atoms with Crippen molar-refractivity contribution >= 4 is 11.8 Å². The van der Waals surface area contributed by atoms with Crippen LogP contribution in [-0.2, 0) is 11.3 Å². The first-order valence-corrected chi connectivity index (χ1v) is 9.86. The van der Waals surface area contributed by atoms with Gasteiger partial charge in [0.25, 0.3) is 5.91 Å². The lowest BCUT2D eigenvalue weighted by Gasteiger charge is -2.22. The summed E-state index contributed by atoms with van der Waals surface area (Å²) in [6.07, 6.45) is 6.40. The van der Waals surface area contributed by atoms with Crippen molar-refractivity contribution in [1.82, 2.24) is 10.6 Å². The second-order valence-corrected chi connectivity index (χ2v) is 7.36. The summed E-state index contributed by atoms with van der Waals surface area (Å²) in [5.74, 6) is 0.220. The third kappa shape index (κ3) is 5.43. The number of hydrogen-bond acceptors (Lipinski definition) is 2. The summed E-state index contributed by atoms with van der Waals surface area (Å²) in [5.41, 5.74) is 2.94. The van der Waals surface area contributed by atoms with E-state index >= 15 is 0 Å². The maximum Gasteiger partial charge on any atom is 0.251 e. The fourth-order valence-corrected chi connectivity index (χ4v) is 3.63. The first-order valence-electron chi connectivity index (χ1n) is 9.86. The number of nitrogens with one attached hydrogen (secondary N) is 2. The Morgan fingerprint density at radius 1 is 0.963 bits per heavy atom. The maximum absolute atomic E-state index is 12.4. The zero-order valence-corrected chi connectivity index (χ0v) is 15.9. The van der Waals surface area contributed by atoms with Crippen molar-refractivity contribution in [2.45, 2.75) is 57.5 Å². The maximum atomic E-state index is 12.4. The van der Waals surface area contributed by atoms with E-state index in [1.807, 2.05) is 42.5 Å². The van der Waals surface area contributed by atoms with Crippen LogP contribution in [0.25, 0.3) is 0 Å². The molecule has 142 valence electrons. The normalized spacial score (nSPS) is 15.7. The Morgan fingerprint density at radius 2 is 1.63 bits per heavy atom. The molecule has 2 amide bonds. The van der Waals surface area contributed by atoms with Crippen molar-refractivity contribution in [1.29, 1.82) is 0 Å². The number of carbonyl (C=O) groups is 2. The zero-order valence-electron chi connectivity index (χ0n) is 15.9. The minimum Gasteiger partial charge on any atom is -0.350 e. The van der Waals surface area contributed by atoms with Crippen molar-refractivity contribution in [3.05, 3.63) is 71.3 Å². The van der Waals surface area contributed by atoms with Crippen molar-refractivity contribution < 1.29 is 9.59 Å². The fourth-order valence-electron chi connectivity index (χ4n) is 3.63. The molecule has 0 bridgehead atoms. The van der Waals surface area contributed by atoms with Crippen LogP contribution in [0, 0.1) is 0 Å². The molecule has 1 aliphatic carbocycles. The molecule has 0 spiro atoms. The average molecular weight is 364 g/mol. The second kappa shape index (κ2) is 9.36. The van der Waals surface area contributed by atoms with Gasteiger partial charge in [-0.1, -0.05) is 61.7 Å². The number of amides is 2. The average Bonchev–Trinajstić information content (AvgIpc) is 2.73. The molecule has 2 aromatic rings. The van der Waals surface area contributed by atoms with Crippen molar-refractivity contribution in [2.75, 3.05) is 0 Å². The quantitative estimate of drug-likeness (QED) is 0.808. The van der Waals surface area contributed by atoms with Gasteiger partial charge in [-0.25, -0.2) is 0 Å². The molecule has 0 saturated heterocycles. The van der Waals surface area contributed by atoms with Crippen LogP contribution >= 0.6 is 0 Å². The Morgan fingerprint density at radius 3 is 2.30 bits per heavy atom. The van der Waals surface area contributed by atoms with Crippen LogP contribution in [0.1, 0.15) is 66.4 Å². The highest BCUT2D eigenvalue weighted by atomic mass is 16.2. The molecule has 0 radical (unpaired) electrons. The Balaban J connectivity index is 1.50. The van der Waals surface area contributed by atoms with E-state index in [0.29, 0.717) is 18.0 Å². The van der Waals surface area contributed by atoms with Crippen molar-refractivity contribution in [3.8, 4) is 0 Å². The SMILES string of the molecule is C[C@H](NC(=O)c1ccc(C2CCCCC2)cc1)C(=O)NCc1ccccc1. The monoisotopic (exact) mass is 364 g/mol. The molecule has 0 aromatic heterocycles. The largest absolute Gasteiger partial charge is 0.350 e. The molecule has 0 heterocycles. The van der Waals surface area contributed by atoms with E-state index in [2.05, 4.69) is 22.8 Å². The van der Waals surface area contributed by atoms with Crippen LogP contribution in [0.15, 0.2) is 54.6 Å². The van der Waals surface area contributed by atoms with Crippen LogP contribution in [0.2, 0.25) is 0 Å². The van der Waals surface area contributed by atoms with E-state index in [9.17, 15) is 9.59 Å². The second-order valence-electron chi connectivity index (χ2n) is 7.36. The summed E-state index contributed by atoms with van der Waals surface area (Å²) in [5, 5.41) is 5.63. The van der Waals surface area contributed by atoms with Crippen LogP contribution < -0.4 is 10.6 Å². The molecule has 2 aromatic carbocycles. The summed E-state index contributed by atoms with van der Waals surface area (Å²) < 4.78 is 0. The fraction of sp³-hybridized carbons (Fsp3) is 0.391. The van der Waals surface area contributed by atoms with E-state index in [1.54, 1.807) is 6.92 Å². The van der Waals surface area contributed by atoms with E-state index in [1.165, 1.54) is 37.7 Å². The molecule has 1 atom stereocenters. The summed E-state index contributed by atoms with van der Waals surface area (Å²) >= 11 is 0. The third-order valence-electron chi connectivity index (χ3n) is 5.30. The van der Waals surface area contributed by atoms with Gasteiger partial charge in [-0.05, 0) is 48.9 Å². The minimum absolute atomic E-state index is 0.189. The topological polar surface area (TPSA) is 58.2 Å². The van der Waals surface area contributed by atoms with Gasteiger partial charge < -0.3 is 10.6 Å². The first-order chi connectivity index (χ1) is 13.1. The predicted molar refractivity (Wildman–Crippen MR) is 107 cm³/mol. The van der Waals surface area contributed by atoms with Crippen LogP contribution in [-0.4, -0.2) is 17.9 Å². The van der Waals surface area contributed by atoms with Gasteiger partial charge in [0.1, 0.15) is 6.04 Å². The smallest absolute Gasteiger partial charge is 0.251 e. The Bertz CT molecular complexity index is 750. The van der Waals surface area contributed by atoms with Gasteiger partial charge in [0, 0.05) is 12.1 Å². The number of hydrogen-bond donors (Lipinski definition) is 2. The summed E-state index contributed by atoms with van der Waals surface area (Å²) in [6.45, 7) is 2.16. The molecule has 1 saturated carbocycles. The summed E-state index contributed by atoms with van der Waals surface area (Å²) in [4.78, 5) is 24.6. The van der Waals surface area contributed by atoms with Gasteiger partial charge >= 0.3 is 0 Å². The molecule has 1 aliphatic rings. The molecule has 27 heavy (non-hydrogen) atoms. The van der Waals surface area contributed by atoms with E-state index in [0.717, 1.165) is 5.56 Å². The summed E-state index contributed by atoms with van der Waals surface area (Å²) in [6, 6.07) is 17.0. The Hall–Kier alpha value is -2.62. The molecular weight excluding hydrogens is 336 g/mol. The van der Waals surface area contributed by atoms with Crippen LogP contribution in [0.5, 0.6) is 0 Å². The molecular formula is C23H28N2O2. The highest BCUT2D eigenvalue weighted by molar-refractivity contribution is 5.97. The highest BCUT2D eigenvalue weighted by Gasteiger charge is 2.18. The lowest BCUT2D eigenvalue weighted by molar-refractivity contribution is -0.122. The predicted octanol–water partition coefficient (Wildman–Crippen LogP) is 4.17. The Kier molecular flexibility index (Phi) is 6.64. The number of benzene rings is 2. The Labute approximate surface area is 161 Å². The van der Waals surface area contributed by atoms with Gasteiger partial charge in [-0.3, -0.25) is 9.59 Å². The third-order valence-corrected chi connectivity index (χ3v) is 5.30. The standard InChI is InChI=1S/C23H28N2O2/c1-17(22(26)24-16-18-8-4-2-5-9-18)25-23(27)21-14-12-20(13-15-21)19-10-6-3-7-11-19/h2,4-5,8-9,12-15,17,19H,3,6-7,10-11,16H2,1H3,(H,24,26)(H,25,27)/t17-/m0/s1. The van der Waals surface area contributed by atoms with Gasteiger partial charge in [0.15, 0.2) is 0 Å². The van der Waals surface area contributed by atoms with E-state index in [4.69, 9.17) is 0 Å². The minimum atomic E-state index is -0.584. The molecule has 3 rings (SSSR count). The van der Waals surface area contributed by atoms with E-state index in [-0.39, 0.29) is 11.8 Å². The molecule has 1 fully saturated rings. The van der Waals surface area contributed by atoms with Gasteiger partial charge in [0.05, 0.1) is 0 Å². The first kappa shape index (κ1) is 19.2. The van der Waals surface area contributed by atoms with Gasteiger partial charge in [0.2, 0.25) is 5.91 Å².